The third kappa shape index (κ3) is 2.89. The van der Waals surface area contributed by atoms with Gasteiger partial charge in [0.15, 0.2) is 5.65 Å². The standard InChI is InChI=1S/C19H17BrN4O/c20-18-15(11-21)19-22-16(10-17(25)24(19)23-18)14-8-6-13(7-9-14)12-4-2-1-3-5-12/h6-10,12,23H,1-5H2. The van der Waals surface area contributed by atoms with E-state index in [9.17, 15) is 10.1 Å². The molecule has 2 aromatic heterocycles. The molecule has 1 aliphatic rings. The first-order valence-electron chi connectivity index (χ1n) is 8.49. The van der Waals surface area contributed by atoms with Crippen molar-refractivity contribution in [2.45, 2.75) is 38.0 Å². The van der Waals surface area contributed by atoms with Crippen molar-refractivity contribution in [1.82, 2.24) is 14.6 Å². The Kier molecular flexibility index (Phi) is 4.18. The number of aromatic nitrogens is 3. The van der Waals surface area contributed by atoms with Gasteiger partial charge in [-0.1, -0.05) is 43.5 Å². The average Bonchev–Trinajstić information content (AvgIpc) is 2.98. The van der Waals surface area contributed by atoms with Crippen molar-refractivity contribution in [2.75, 3.05) is 0 Å². The van der Waals surface area contributed by atoms with Gasteiger partial charge in [-0.05, 0) is 40.3 Å². The SMILES string of the molecule is N#Cc1c(Br)[nH]n2c(=O)cc(-c3ccc(C4CCCCC4)cc3)nc12. The number of hydrogen-bond donors (Lipinski definition) is 1. The van der Waals surface area contributed by atoms with Crippen LogP contribution in [-0.4, -0.2) is 14.6 Å². The zero-order valence-electron chi connectivity index (χ0n) is 13.6. The molecular formula is C19H17BrN4O. The van der Waals surface area contributed by atoms with E-state index in [1.54, 1.807) is 0 Å². The van der Waals surface area contributed by atoms with Gasteiger partial charge in [0.05, 0.1) is 5.69 Å². The van der Waals surface area contributed by atoms with Gasteiger partial charge < -0.3 is 0 Å². The van der Waals surface area contributed by atoms with Crippen molar-refractivity contribution in [3.05, 3.63) is 56.4 Å². The molecule has 0 amide bonds. The summed E-state index contributed by atoms with van der Waals surface area (Å²) in [6.45, 7) is 0. The molecule has 6 heteroatoms. The number of aromatic amines is 1. The molecule has 25 heavy (non-hydrogen) atoms. The minimum atomic E-state index is -0.237. The van der Waals surface area contributed by atoms with Crippen molar-refractivity contribution < 1.29 is 0 Å². The molecule has 1 saturated carbocycles. The van der Waals surface area contributed by atoms with Gasteiger partial charge in [0.25, 0.3) is 5.56 Å². The number of fused-ring (bicyclic) bond motifs is 1. The van der Waals surface area contributed by atoms with E-state index < -0.39 is 0 Å². The van der Waals surface area contributed by atoms with E-state index in [0.717, 1.165) is 5.56 Å². The summed E-state index contributed by atoms with van der Waals surface area (Å²) >= 11 is 3.26. The first kappa shape index (κ1) is 16.1. The molecular weight excluding hydrogens is 380 g/mol. The molecule has 0 unspecified atom stereocenters. The normalized spacial score (nSPS) is 15.4. The summed E-state index contributed by atoms with van der Waals surface area (Å²) in [5.74, 6) is 0.648. The predicted molar refractivity (Wildman–Crippen MR) is 99.5 cm³/mol. The molecule has 1 N–H and O–H groups in total. The maximum Gasteiger partial charge on any atom is 0.273 e. The van der Waals surface area contributed by atoms with Crippen LogP contribution in [0, 0.1) is 11.3 Å². The summed E-state index contributed by atoms with van der Waals surface area (Å²) in [6, 6.07) is 11.9. The zero-order chi connectivity index (χ0) is 17.4. The largest absolute Gasteiger partial charge is 0.281 e. The second-order valence-corrected chi connectivity index (χ2v) is 7.30. The number of nitriles is 1. The average molecular weight is 397 g/mol. The lowest BCUT2D eigenvalue weighted by molar-refractivity contribution is 0.443. The van der Waals surface area contributed by atoms with Gasteiger partial charge in [-0.25, -0.2) is 4.98 Å². The van der Waals surface area contributed by atoms with Crippen LogP contribution in [0.5, 0.6) is 0 Å². The van der Waals surface area contributed by atoms with E-state index in [1.165, 1.54) is 48.2 Å². The van der Waals surface area contributed by atoms with Crippen LogP contribution in [0.3, 0.4) is 0 Å². The van der Waals surface area contributed by atoms with Crippen molar-refractivity contribution in [3.8, 4) is 17.3 Å². The molecule has 1 aliphatic carbocycles. The molecule has 0 bridgehead atoms. The number of benzene rings is 1. The topological polar surface area (TPSA) is 73.9 Å². The van der Waals surface area contributed by atoms with Crippen LogP contribution >= 0.6 is 15.9 Å². The number of hydrogen-bond acceptors (Lipinski definition) is 3. The molecule has 2 heterocycles. The fourth-order valence-electron chi connectivity index (χ4n) is 3.62. The number of nitrogens with zero attached hydrogens (tertiary/aromatic N) is 3. The second kappa shape index (κ2) is 6.49. The van der Waals surface area contributed by atoms with Crippen molar-refractivity contribution in [1.29, 1.82) is 5.26 Å². The Labute approximate surface area is 153 Å². The first-order chi connectivity index (χ1) is 12.2. The number of H-pyrrole nitrogens is 1. The highest BCUT2D eigenvalue weighted by Crippen LogP contribution is 2.33. The second-order valence-electron chi connectivity index (χ2n) is 6.51. The number of halogens is 1. The summed E-state index contributed by atoms with van der Waals surface area (Å²) in [7, 11) is 0. The van der Waals surface area contributed by atoms with Crippen LogP contribution in [0.2, 0.25) is 0 Å². The maximum absolute atomic E-state index is 12.3. The third-order valence-electron chi connectivity index (χ3n) is 4.97. The van der Waals surface area contributed by atoms with E-state index in [-0.39, 0.29) is 5.56 Å². The molecule has 5 nitrogen and oxygen atoms in total. The molecule has 0 spiro atoms. The van der Waals surface area contributed by atoms with Crippen LogP contribution in [0.4, 0.5) is 0 Å². The monoisotopic (exact) mass is 396 g/mol. The Morgan fingerprint density at radius 3 is 2.60 bits per heavy atom. The Balaban J connectivity index is 1.74. The van der Waals surface area contributed by atoms with E-state index in [0.29, 0.717) is 27.4 Å². The Bertz CT molecular complexity index is 1020. The minimum Gasteiger partial charge on any atom is -0.281 e. The van der Waals surface area contributed by atoms with Gasteiger partial charge in [-0.2, -0.15) is 9.78 Å². The summed E-state index contributed by atoms with van der Waals surface area (Å²) in [5, 5.41) is 12.1. The lowest BCUT2D eigenvalue weighted by atomic mass is 9.84. The van der Waals surface area contributed by atoms with Crippen LogP contribution in [0.1, 0.15) is 49.1 Å². The van der Waals surface area contributed by atoms with Gasteiger partial charge in [-0.3, -0.25) is 9.89 Å². The zero-order valence-corrected chi connectivity index (χ0v) is 15.2. The van der Waals surface area contributed by atoms with E-state index in [2.05, 4.69) is 44.2 Å². The maximum atomic E-state index is 12.3. The lowest BCUT2D eigenvalue weighted by Crippen LogP contribution is -2.14. The van der Waals surface area contributed by atoms with Crippen molar-refractivity contribution in [2.24, 2.45) is 0 Å². The van der Waals surface area contributed by atoms with Crippen LogP contribution in [0.15, 0.2) is 39.7 Å². The van der Waals surface area contributed by atoms with Gasteiger partial charge in [0, 0.05) is 11.6 Å². The fraction of sp³-hybridized carbons (Fsp3) is 0.316. The van der Waals surface area contributed by atoms with Crippen LogP contribution in [0.25, 0.3) is 16.9 Å². The molecule has 4 rings (SSSR count). The van der Waals surface area contributed by atoms with E-state index >= 15 is 0 Å². The molecule has 126 valence electrons. The van der Waals surface area contributed by atoms with Crippen LogP contribution < -0.4 is 5.56 Å². The minimum absolute atomic E-state index is 0.237. The summed E-state index contributed by atoms with van der Waals surface area (Å²) < 4.78 is 1.74. The Morgan fingerprint density at radius 2 is 1.92 bits per heavy atom. The van der Waals surface area contributed by atoms with Gasteiger partial charge >= 0.3 is 0 Å². The van der Waals surface area contributed by atoms with E-state index in [1.807, 2.05) is 12.1 Å². The summed E-state index contributed by atoms with van der Waals surface area (Å²) in [6.07, 6.45) is 6.47. The van der Waals surface area contributed by atoms with Gasteiger partial charge in [0.2, 0.25) is 0 Å². The summed E-state index contributed by atoms with van der Waals surface area (Å²) in [4.78, 5) is 16.8. The molecule has 0 saturated heterocycles. The highest BCUT2D eigenvalue weighted by atomic mass is 79.9. The van der Waals surface area contributed by atoms with Crippen LogP contribution in [-0.2, 0) is 0 Å². The van der Waals surface area contributed by atoms with Crippen molar-refractivity contribution in [3.63, 3.8) is 0 Å². The lowest BCUT2D eigenvalue weighted by Gasteiger charge is -2.22. The van der Waals surface area contributed by atoms with Crippen molar-refractivity contribution >= 4 is 21.6 Å². The molecule has 1 aromatic carbocycles. The smallest absolute Gasteiger partial charge is 0.273 e. The number of rotatable bonds is 2. The highest BCUT2D eigenvalue weighted by Gasteiger charge is 2.17. The third-order valence-corrected chi connectivity index (χ3v) is 5.54. The number of nitrogens with one attached hydrogen (secondary N) is 1. The molecule has 0 radical (unpaired) electrons. The Hall–Kier alpha value is -2.39. The quantitative estimate of drug-likeness (QED) is 0.698. The first-order valence-corrected chi connectivity index (χ1v) is 9.28. The predicted octanol–water partition coefficient (Wildman–Crippen LogP) is 4.37. The highest BCUT2D eigenvalue weighted by molar-refractivity contribution is 9.10. The van der Waals surface area contributed by atoms with E-state index in [4.69, 9.17) is 0 Å². The molecule has 3 aromatic rings. The van der Waals surface area contributed by atoms with Gasteiger partial charge in [-0.15, -0.1) is 0 Å². The molecule has 0 aliphatic heterocycles. The summed E-state index contributed by atoms with van der Waals surface area (Å²) in [5.41, 5.74) is 3.27. The molecule has 0 atom stereocenters. The van der Waals surface area contributed by atoms with Gasteiger partial charge in [0.1, 0.15) is 16.2 Å². The Morgan fingerprint density at radius 1 is 1.20 bits per heavy atom. The molecule has 1 fully saturated rings. The fourth-order valence-corrected chi connectivity index (χ4v) is 4.06.